The summed E-state index contributed by atoms with van der Waals surface area (Å²) in [6.07, 6.45) is 34.3. The second kappa shape index (κ2) is 17.3. The summed E-state index contributed by atoms with van der Waals surface area (Å²) in [7, 11) is 0. The van der Waals surface area contributed by atoms with Crippen LogP contribution in [0.4, 0.5) is 0 Å². The van der Waals surface area contributed by atoms with Gasteiger partial charge >= 0.3 is 5.97 Å². The Hall–Kier alpha value is -1.31. The Labute approximate surface area is 298 Å². The van der Waals surface area contributed by atoms with Crippen LogP contribution in [0, 0.1) is 39.4 Å². The Morgan fingerprint density at radius 1 is 0.792 bits per heavy atom. The van der Waals surface area contributed by atoms with Gasteiger partial charge in [-0.1, -0.05) is 122 Å². The number of hydrogen-bond donors (Lipinski definition) is 0. The molecule has 0 N–H and O–H groups in total. The summed E-state index contributed by atoms with van der Waals surface area (Å²) in [6.45, 7) is 22.2. The number of carbonyl (C=O) groups excluding carboxylic acids is 1. The minimum absolute atomic E-state index is 0.0179. The van der Waals surface area contributed by atoms with Gasteiger partial charge in [0.1, 0.15) is 6.10 Å². The van der Waals surface area contributed by atoms with Crippen molar-refractivity contribution in [3.05, 3.63) is 34.9 Å². The number of allylic oxidation sites excluding steroid dienone is 6. The molecule has 0 aliphatic heterocycles. The van der Waals surface area contributed by atoms with Crippen molar-refractivity contribution in [2.75, 3.05) is 0 Å². The summed E-state index contributed by atoms with van der Waals surface area (Å²) < 4.78 is 6.37. The number of unbranched alkanes of at least 4 members (excludes halogenated alkanes) is 9. The molecule has 0 heterocycles. The maximum atomic E-state index is 13.1. The zero-order chi connectivity index (χ0) is 35.0. The number of fused-ring (bicyclic) bond motifs is 4. The molecule has 274 valence electrons. The van der Waals surface area contributed by atoms with Crippen LogP contribution in [-0.2, 0) is 9.53 Å². The Bertz CT molecular complexity index is 1130. The maximum Gasteiger partial charge on any atom is 0.306 e. The largest absolute Gasteiger partial charge is 0.462 e. The molecule has 4 rings (SSSR count). The highest BCUT2D eigenvalue weighted by molar-refractivity contribution is 5.69. The zero-order valence-electron chi connectivity index (χ0n) is 33.4. The summed E-state index contributed by atoms with van der Waals surface area (Å²) in [5.74, 6) is 2.28. The van der Waals surface area contributed by atoms with Crippen LogP contribution < -0.4 is 0 Å². The molecule has 0 saturated heterocycles. The first-order valence-corrected chi connectivity index (χ1v) is 21.0. The molecule has 0 radical (unpaired) electrons. The third kappa shape index (κ3) is 8.58. The lowest BCUT2D eigenvalue weighted by molar-refractivity contribution is -0.170. The van der Waals surface area contributed by atoms with Crippen molar-refractivity contribution in [2.24, 2.45) is 39.4 Å². The first-order chi connectivity index (χ1) is 22.8. The summed E-state index contributed by atoms with van der Waals surface area (Å²) in [6, 6.07) is 0. The minimum Gasteiger partial charge on any atom is -0.462 e. The van der Waals surface area contributed by atoms with Gasteiger partial charge in [0, 0.05) is 11.8 Å². The van der Waals surface area contributed by atoms with E-state index in [9.17, 15) is 4.79 Å². The molecule has 0 aromatic heterocycles. The van der Waals surface area contributed by atoms with E-state index in [1.54, 1.807) is 0 Å². The van der Waals surface area contributed by atoms with Gasteiger partial charge < -0.3 is 4.74 Å². The lowest BCUT2D eigenvalue weighted by Crippen LogP contribution is -2.55. The summed E-state index contributed by atoms with van der Waals surface area (Å²) in [4.78, 5) is 13.1. The molecule has 0 amide bonds. The minimum atomic E-state index is 0.0179. The number of esters is 1. The summed E-state index contributed by atoms with van der Waals surface area (Å²) in [5.41, 5.74) is 6.22. The van der Waals surface area contributed by atoms with Crippen LogP contribution in [0.3, 0.4) is 0 Å². The van der Waals surface area contributed by atoms with E-state index in [0.29, 0.717) is 23.2 Å². The van der Waals surface area contributed by atoms with Gasteiger partial charge in [0.25, 0.3) is 0 Å². The predicted octanol–water partition coefficient (Wildman–Crippen LogP) is 14.3. The average molecular weight is 663 g/mol. The molecule has 4 aliphatic carbocycles. The fourth-order valence-electron chi connectivity index (χ4n) is 11.9. The molecule has 48 heavy (non-hydrogen) atoms. The van der Waals surface area contributed by atoms with Gasteiger partial charge in [-0.15, -0.1) is 0 Å². The first-order valence-electron chi connectivity index (χ1n) is 21.0. The highest BCUT2D eigenvalue weighted by atomic mass is 16.5. The van der Waals surface area contributed by atoms with Crippen molar-refractivity contribution in [3.8, 4) is 0 Å². The van der Waals surface area contributed by atoms with Crippen LogP contribution in [-0.4, -0.2) is 12.1 Å². The highest BCUT2D eigenvalue weighted by Crippen LogP contribution is 2.72. The lowest BCUT2D eigenvalue weighted by atomic mass is 9.43. The molecular weight excluding hydrogens is 585 g/mol. The van der Waals surface area contributed by atoms with Crippen LogP contribution in [0.2, 0.25) is 0 Å². The molecule has 0 bridgehead atoms. The van der Waals surface area contributed by atoms with Gasteiger partial charge in [0.05, 0.1) is 0 Å². The van der Waals surface area contributed by atoms with Crippen LogP contribution in [0.1, 0.15) is 204 Å². The quantitative estimate of drug-likeness (QED) is 0.0829. The third-order valence-electron chi connectivity index (χ3n) is 15.0. The average Bonchev–Trinajstić information content (AvgIpc) is 3.31. The number of ether oxygens (including phenoxy) is 1. The summed E-state index contributed by atoms with van der Waals surface area (Å²) >= 11 is 0. The van der Waals surface area contributed by atoms with Gasteiger partial charge in [-0.05, 0) is 144 Å². The van der Waals surface area contributed by atoms with Crippen molar-refractivity contribution in [2.45, 2.75) is 210 Å². The number of carbonyl (C=O) groups is 1. The van der Waals surface area contributed by atoms with Gasteiger partial charge in [-0.25, -0.2) is 0 Å². The van der Waals surface area contributed by atoms with Crippen LogP contribution >= 0.6 is 0 Å². The molecule has 4 aliphatic rings. The highest BCUT2D eigenvalue weighted by Gasteiger charge is 2.63. The second-order valence-corrected chi connectivity index (χ2v) is 18.7. The van der Waals surface area contributed by atoms with Crippen molar-refractivity contribution < 1.29 is 9.53 Å². The number of rotatable bonds is 18. The molecule has 0 aromatic carbocycles. The van der Waals surface area contributed by atoms with Crippen molar-refractivity contribution in [3.63, 3.8) is 0 Å². The van der Waals surface area contributed by atoms with Gasteiger partial charge in [0.15, 0.2) is 0 Å². The van der Waals surface area contributed by atoms with Gasteiger partial charge in [-0.3, -0.25) is 4.79 Å². The molecule has 2 heteroatoms. The predicted molar refractivity (Wildman–Crippen MR) is 207 cm³/mol. The van der Waals surface area contributed by atoms with Gasteiger partial charge in [0.2, 0.25) is 0 Å². The monoisotopic (exact) mass is 663 g/mol. The Balaban J connectivity index is 1.27. The summed E-state index contributed by atoms with van der Waals surface area (Å²) in [5, 5.41) is 0. The van der Waals surface area contributed by atoms with E-state index >= 15 is 0 Å². The smallest absolute Gasteiger partial charge is 0.306 e. The Morgan fingerprint density at radius 2 is 1.46 bits per heavy atom. The topological polar surface area (TPSA) is 26.3 Å². The molecule has 2 fully saturated rings. The van der Waals surface area contributed by atoms with Crippen LogP contribution in [0.5, 0.6) is 0 Å². The van der Waals surface area contributed by atoms with Crippen LogP contribution in [0.25, 0.3) is 0 Å². The van der Waals surface area contributed by atoms with E-state index in [0.717, 1.165) is 31.1 Å². The third-order valence-corrected chi connectivity index (χ3v) is 15.0. The van der Waals surface area contributed by atoms with Crippen LogP contribution in [0.15, 0.2) is 34.9 Å². The maximum absolute atomic E-state index is 13.1. The van der Waals surface area contributed by atoms with Gasteiger partial charge in [-0.2, -0.15) is 0 Å². The normalized spacial score (nSPS) is 33.2. The number of hydrogen-bond acceptors (Lipinski definition) is 2. The van der Waals surface area contributed by atoms with E-state index in [1.165, 1.54) is 121 Å². The van der Waals surface area contributed by atoms with Crippen molar-refractivity contribution >= 4 is 5.97 Å². The Kier molecular flexibility index (Phi) is 14.2. The molecule has 2 saturated carbocycles. The fraction of sp³-hybridized carbons (Fsp3) is 0.848. The fourth-order valence-corrected chi connectivity index (χ4v) is 11.9. The molecule has 0 spiro atoms. The van der Waals surface area contributed by atoms with E-state index in [1.807, 2.05) is 11.1 Å². The molecule has 7 atom stereocenters. The zero-order valence-corrected chi connectivity index (χ0v) is 33.4. The van der Waals surface area contributed by atoms with E-state index in [-0.39, 0.29) is 22.9 Å². The lowest BCUT2D eigenvalue weighted by Gasteiger charge is -2.62. The SMILES string of the molecule is CCCCCCC=CCCCCCCCC(=O)OC1CCC2(C)C3=C(CCC2C1(C)C)C1(C)CCC(C(C)CCC=C(C)C)C1(C)CC3. The first kappa shape index (κ1) is 39.5. The van der Waals surface area contributed by atoms with Crippen molar-refractivity contribution in [1.82, 2.24) is 0 Å². The second-order valence-electron chi connectivity index (χ2n) is 18.7. The standard InChI is InChI=1S/C46H78O2/c1-10-11-12-13-14-15-16-17-18-19-20-21-22-26-42(47)48-41-31-32-44(7)38-30-34-45(8)37(36(4)25-23-24-35(2)3)29-33-46(45,9)39(38)27-28-40(44)43(41,5)6/h15-16,24,36-37,40-41H,10-14,17-23,25-34H2,1-9H3. The van der Waals surface area contributed by atoms with E-state index in [2.05, 4.69) is 80.5 Å². The van der Waals surface area contributed by atoms with E-state index < -0.39 is 0 Å². The molecule has 0 aromatic rings. The van der Waals surface area contributed by atoms with E-state index in [4.69, 9.17) is 4.74 Å². The van der Waals surface area contributed by atoms with Crippen molar-refractivity contribution in [1.29, 1.82) is 0 Å². The molecule has 7 unspecified atom stereocenters. The molecule has 2 nitrogen and oxygen atoms in total. The molecular formula is C46H78O2. The Morgan fingerprint density at radius 3 is 2.15 bits per heavy atom.